The standard InChI is InChI=1S/C15H11BrCl2N2O2S/c1-9(11-4-2-10(8-19)3-5-11)20-23(21,22)15-13(17)6-12(16)7-14(15)18/h2-7,9,20H,1H3. The fourth-order valence-corrected chi connectivity index (χ4v) is 5.16. The van der Waals surface area contributed by atoms with E-state index < -0.39 is 16.1 Å². The number of nitrogens with one attached hydrogen (secondary N) is 1. The predicted molar refractivity (Wildman–Crippen MR) is 94.1 cm³/mol. The molecule has 2 rings (SSSR count). The second kappa shape index (κ2) is 7.20. The maximum atomic E-state index is 12.5. The molecule has 1 unspecified atom stereocenters. The summed E-state index contributed by atoms with van der Waals surface area (Å²) in [5.74, 6) is 0. The number of nitrogens with zero attached hydrogens (tertiary/aromatic N) is 1. The van der Waals surface area contributed by atoms with Crippen molar-refractivity contribution in [2.45, 2.75) is 17.9 Å². The lowest BCUT2D eigenvalue weighted by atomic mass is 10.1. The van der Waals surface area contributed by atoms with Crippen LogP contribution in [0.4, 0.5) is 0 Å². The van der Waals surface area contributed by atoms with E-state index in [1.54, 1.807) is 31.2 Å². The number of benzene rings is 2. The fourth-order valence-electron chi connectivity index (χ4n) is 1.99. The molecule has 4 nitrogen and oxygen atoms in total. The van der Waals surface area contributed by atoms with Crippen LogP contribution in [0.25, 0.3) is 0 Å². The van der Waals surface area contributed by atoms with Crippen molar-refractivity contribution in [3.05, 3.63) is 62.0 Å². The van der Waals surface area contributed by atoms with E-state index in [2.05, 4.69) is 20.7 Å². The Labute approximate surface area is 153 Å². The van der Waals surface area contributed by atoms with Gasteiger partial charge in [0.15, 0.2) is 0 Å². The Balaban J connectivity index is 2.32. The minimum absolute atomic E-state index is 0.0314. The molecular weight excluding hydrogens is 423 g/mol. The van der Waals surface area contributed by atoms with Gasteiger partial charge in [0, 0.05) is 10.5 Å². The predicted octanol–water partition coefficient (Wildman–Crippen LogP) is 4.67. The second-order valence-corrected chi connectivity index (χ2v) is 8.16. The molecule has 2 aromatic carbocycles. The van der Waals surface area contributed by atoms with Gasteiger partial charge in [-0.2, -0.15) is 5.26 Å². The Kier molecular flexibility index (Phi) is 5.71. The Morgan fingerprint density at radius 2 is 1.70 bits per heavy atom. The van der Waals surface area contributed by atoms with Crippen molar-refractivity contribution < 1.29 is 8.42 Å². The van der Waals surface area contributed by atoms with E-state index in [4.69, 9.17) is 28.5 Å². The zero-order valence-corrected chi connectivity index (χ0v) is 15.8. The van der Waals surface area contributed by atoms with Gasteiger partial charge in [-0.05, 0) is 36.8 Å². The van der Waals surface area contributed by atoms with Crippen LogP contribution >= 0.6 is 39.1 Å². The number of rotatable bonds is 4. The molecule has 0 heterocycles. The van der Waals surface area contributed by atoms with E-state index in [1.165, 1.54) is 12.1 Å². The van der Waals surface area contributed by atoms with E-state index in [0.29, 0.717) is 10.0 Å². The third-order valence-corrected chi connectivity index (χ3v) is 6.02. The molecule has 0 aromatic heterocycles. The minimum Gasteiger partial charge on any atom is -0.207 e. The van der Waals surface area contributed by atoms with Crippen LogP contribution in [-0.2, 0) is 10.0 Å². The summed E-state index contributed by atoms with van der Waals surface area (Å²) >= 11 is 15.2. The summed E-state index contributed by atoms with van der Waals surface area (Å²) in [6.45, 7) is 1.69. The van der Waals surface area contributed by atoms with Crippen molar-refractivity contribution in [3.63, 3.8) is 0 Å². The van der Waals surface area contributed by atoms with Gasteiger partial charge in [0.2, 0.25) is 10.0 Å². The van der Waals surface area contributed by atoms with Crippen LogP contribution in [0.1, 0.15) is 24.1 Å². The maximum Gasteiger partial charge on any atom is 0.244 e. The number of hydrogen-bond acceptors (Lipinski definition) is 3. The summed E-state index contributed by atoms with van der Waals surface area (Å²) in [7, 11) is -3.90. The molecule has 120 valence electrons. The van der Waals surface area contributed by atoms with Crippen molar-refractivity contribution in [2.24, 2.45) is 0 Å². The molecule has 1 atom stereocenters. The number of nitriles is 1. The molecule has 23 heavy (non-hydrogen) atoms. The number of hydrogen-bond donors (Lipinski definition) is 1. The van der Waals surface area contributed by atoms with Gasteiger partial charge in [-0.25, -0.2) is 13.1 Å². The molecule has 0 amide bonds. The van der Waals surface area contributed by atoms with Crippen LogP contribution in [0, 0.1) is 11.3 Å². The summed E-state index contributed by atoms with van der Waals surface area (Å²) in [4.78, 5) is -0.162. The molecule has 0 radical (unpaired) electrons. The Hall–Kier alpha value is -1.10. The van der Waals surface area contributed by atoms with E-state index in [-0.39, 0.29) is 14.9 Å². The van der Waals surface area contributed by atoms with Crippen molar-refractivity contribution in [3.8, 4) is 6.07 Å². The largest absolute Gasteiger partial charge is 0.244 e. The summed E-state index contributed by atoms with van der Waals surface area (Å²) in [5, 5.41) is 8.85. The van der Waals surface area contributed by atoms with Crippen LogP contribution in [-0.4, -0.2) is 8.42 Å². The highest BCUT2D eigenvalue weighted by molar-refractivity contribution is 9.10. The van der Waals surface area contributed by atoms with E-state index in [1.807, 2.05) is 6.07 Å². The van der Waals surface area contributed by atoms with Crippen molar-refractivity contribution in [1.82, 2.24) is 4.72 Å². The molecule has 8 heteroatoms. The van der Waals surface area contributed by atoms with Crippen LogP contribution < -0.4 is 4.72 Å². The molecule has 0 bridgehead atoms. The van der Waals surface area contributed by atoms with Gasteiger partial charge in [-0.1, -0.05) is 51.3 Å². The first-order chi connectivity index (χ1) is 10.7. The van der Waals surface area contributed by atoms with Crippen molar-refractivity contribution in [1.29, 1.82) is 5.26 Å². The topological polar surface area (TPSA) is 70.0 Å². The van der Waals surface area contributed by atoms with E-state index in [9.17, 15) is 8.42 Å². The first kappa shape index (κ1) is 18.2. The lowest BCUT2D eigenvalue weighted by Gasteiger charge is -2.16. The zero-order valence-electron chi connectivity index (χ0n) is 11.8. The Bertz CT molecular complexity index is 854. The summed E-state index contributed by atoms with van der Waals surface area (Å²) in [5.41, 5.74) is 1.22. The fraction of sp³-hybridized carbons (Fsp3) is 0.133. The molecule has 0 aliphatic heterocycles. The van der Waals surface area contributed by atoms with Crippen molar-refractivity contribution in [2.75, 3.05) is 0 Å². The molecule has 0 saturated heterocycles. The average Bonchev–Trinajstić information content (AvgIpc) is 2.45. The second-order valence-electron chi connectivity index (χ2n) is 4.78. The van der Waals surface area contributed by atoms with Gasteiger partial charge in [0.1, 0.15) is 4.90 Å². The van der Waals surface area contributed by atoms with Gasteiger partial charge in [-0.3, -0.25) is 0 Å². The lowest BCUT2D eigenvalue weighted by molar-refractivity contribution is 0.567. The zero-order chi connectivity index (χ0) is 17.2. The van der Waals surface area contributed by atoms with E-state index in [0.717, 1.165) is 5.56 Å². The highest BCUT2D eigenvalue weighted by atomic mass is 79.9. The molecular formula is C15H11BrCl2N2O2S. The molecule has 0 saturated carbocycles. The highest BCUT2D eigenvalue weighted by Gasteiger charge is 2.24. The van der Waals surface area contributed by atoms with Crippen LogP contribution in [0.2, 0.25) is 10.0 Å². The Morgan fingerprint density at radius 1 is 1.17 bits per heavy atom. The normalized spacial score (nSPS) is 12.7. The molecule has 0 aliphatic rings. The molecule has 2 aromatic rings. The van der Waals surface area contributed by atoms with Gasteiger partial charge in [-0.15, -0.1) is 0 Å². The quantitative estimate of drug-likeness (QED) is 0.761. The van der Waals surface area contributed by atoms with Gasteiger partial charge in [0.25, 0.3) is 0 Å². The maximum absolute atomic E-state index is 12.5. The van der Waals surface area contributed by atoms with Gasteiger partial charge < -0.3 is 0 Å². The molecule has 0 fully saturated rings. The van der Waals surface area contributed by atoms with Gasteiger partial charge in [0.05, 0.1) is 21.7 Å². The Morgan fingerprint density at radius 3 is 2.17 bits per heavy atom. The van der Waals surface area contributed by atoms with Crippen molar-refractivity contribution >= 4 is 49.2 Å². The summed E-state index contributed by atoms with van der Waals surface area (Å²) < 4.78 is 28.2. The highest BCUT2D eigenvalue weighted by Crippen LogP contribution is 2.33. The molecule has 1 N–H and O–H groups in total. The number of halogens is 3. The van der Waals surface area contributed by atoms with Crippen LogP contribution in [0.3, 0.4) is 0 Å². The lowest BCUT2D eigenvalue weighted by Crippen LogP contribution is -2.27. The monoisotopic (exact) mass is 432 g/mol. The number of sulfonamides is 1. The van der Waals surface area contributed by atoms with Gasteiger partial charge >= 0.3 is 0 Å². The van der Waals surface area contributed by atoms with Crippen LogP contribution in [0.15, 0.2) is 45.8 Å². The molecule has 0 aliphatic carbocycles. The summed E-state index contributed by atoms with van der Waals surface area (Å²) in [6.07, 6.45) is 0. The minimum atomic E-state index is -3.90. The smallest absolute Gasteiger partial charge is 0.207 e. The SMILES string of the molecule is CC(NS(=O)(=O)c1c(Cl)cc(Br)cc1Cl)c1ccc(C#N)cc1. The average molecular weight is 434 g/mol. The molecule has 0 spiro atoms. The third-order valence-electron chi connectivity index (χ3n) is 3.10. The first-order valence-corrected chi connectivity index (χ1v) is 9.44. The first-order valence-electron chi connectivity index (χ1n) is 6.41. The van der Waals surface area contributed by atoms with E-state index >= 15 is 0 Å². The third kappa shape index (κ3) is 4.25. The van der Waals surface area contributed by atoms with Crippen LogP contribution in [0.5, 0.6) is 0 Å². The summed E-state index contributed by atoms with van der Waals surface area (Å²) in [6, 6.07) is 11.1.